The number of esters is 1. The Morgan fingerprint density at radius 1 is 1.10 bits per heavy atom. The molecule has 0 radical (unpaired) electrons. The highest BCUT2D eigenvalue weighted by molar-refractivity contribution is 7.80. The highest BCUT2D eigenvalue weighted by Gasteiger charge is 2.36. The van der Waals surface area contributed by atoms with E-state index in [1.807, 2.05) is 49.9 Å². The van der Waals surface area contributed by atoms with Gasteiger partial charge in [0.2, 0.25) is 0 Å². The summed E-state index contributed by atoms with van der Waals surface area (Å²) in [7, 11) is 1.39. The molecule has 4 rings (SSSR count). The third-order valence-electron chi connectivity index (χ3n) is 5.42. The van der Waals surface area contributed by atoms with Crippen LogP contribution in [0.25, 0.3) is 0 Å². The predicted molar refractivity (Wildman–Crippen MR) is 119 cm³/mol. The zero-order valence-corrected chi connectivity index (χ0v) is 18.3. The maximum Gasteiger partial charge on any atom is 0.337 e. The molecule has 1 N–H and O–H groups in total. The smallest absolute Gasteiger partial charge is 0.337 e. The van der Waals surface area contributed by atoms with Gasteiger partial charge in [0.15, 0.2) is 16.6 Å². The van der Waals surface area contributed by atoms with Crippen LogP contribution in [-0.2, 0) is 9.53 Å². The molecule has 0 bridgehead atoms. The number of benzene rings is 2. The van der Waals surface area contributed by atoms with Crippen molar-refractivity contribution in [3.05, 3.63) is 64.4 Å². The van der Waals surface area contributed by atoms with Gasteiger partial charge in [0, 0.05) is 11.8 Å². The summed E-state index contributed by atoms with van der Waals surface area (Å²) >= 11 is 5.73. The Morgan fingerprint density at radius 3 is 2.57 bits per heavy atom. The van der Waals surface area contributed by atoms with Crippen LogP contribution < -0.4 is 19.7 Å². The fourth-order valence-electron chi connectivity index (χ4n) is 3.90. The number of thiocarbonyl (C=S) groups is 1. The van der Waals surface area contributed by atoms with Crippen molar-refractivity contribution in [3.8, 4) is 11.5 Å². The summed E-state index contributed by atoms with van der Waals surface area (Å²) in [5, 5.41) is 3.85. The Balaban J connectivity index is 1.83. The molecule has 1 atom stereocenters. The van der Waals surface area contributed by atoms with Crippen molar-refractivity contribution in [1.82, 2.24) is 5.32 Å². The fourth-order valence-corrected chi connectivity index (χ4v) is 4.26. The van der Waals surface area contributed by atoms with Gasteiger partial charge in [0.05, 0.1) is 24.4 Å². The third-order valence-corrected chi connectivity index (χ3v) is 5.72. The number of methoxy groups -OCH3 is 1. The quantitative estimate of drug-likeness (QED) is 0.591. The minimum absolute atomic E-state index is 0.390. The summed E-state index contributed by atoms with van der Waals surface area (Å²) in [6.45, 7) is 6.96. The van der Waals surface area contributed by atoms with Crippen molar-refractivity contribution in [3.63, 3.8) is 0 Å². The van der Waals surface area contributed by atoms with Gasteiger partial charge in [-0.25, -0.2) is 4.79 Å². The number of ether oxygens (including phenoxy) is 3. The zero-order valence-electron chi connectivity index (χ0n) is 17.4. The zero-order chi connectivity index (χ0) is 21.4. The van der Waals surface area contributed by atoms with E-state index in [1.54, 1.807) is 0 Å². The largest absolute Gasteiger partial charge is 0.486 e. The number of carbonyl (C=O) groups excluding carboxylic acids is 1. The van der Waals surface area contributed by atoms with E-state index in [2.05, 4.69) is 17.4 Å². The Hall–Kier alpha value is -3.06. The number of fused-ring (bicyclic) bond motifs is 1. The fraction of sp³-hybridized carbons (Fsp3) is 0.304. The number of aryl methyl sites for hydroxylation is 2. The molecular weight excluding hydrogens is 400 g/mol. The molecule has 0 saturated carbocycles. The number of carbonyl (C=O) groups is 1. The molecule has 2 aromatic carbocycles. The second-order valence-electron chi connectivity index (χ2n) is 7.40. The topological polar surface area (TPSA) is 60.0 Å². The first-order chi connectivity index (χ1) is 14.4. The molecular formula is C23H24N2O4S. The molecule has 6 nitrogen and oxygen atoms in total. The van der Waals surface area contributed by atoms with E-state index in [1.165, 1.54) is 7.11 Å². The van der Waals surface area contributed by atoms with E-state index in [0.29, 0.717) is 41.1 Å². The average molecular weight is 425 g/mol. The van der Waals surface area contributed by atoms with Crippen molar-refractivity contribution in [2.45, 2.75) is 26.8 Å². The van der Waals surface area contributed by atoms with Crippen molar-refractivity contribution in [1.29, 1.82) is 0 Å². The molecule has 2 aliphatic heterocycles. The summed E-state index contributed by atoms with van der Waals surface area (Å²) < 4.78 is 16.5. The van der Waals surface area contributed by atoms with Crippen LogP contribution >= 0.6 is 12.2 Å². The molecule has 0 saturated heterocycles. The van der Waals surface area contributed by atoms with E-state index >= 15 is 0 Å². The first-order valence-corrected chi connectivity index (χ1v) is 10.2. The molecule has 2 heterocycles. The summed E-state index contributed by atoms with van der Waals surface area (Å²) in [6, 6.07) is 11.4. The second kappa shape index (κ2) is 7.99. The van der Waals surface area contributed by atoms with E-state index in [4.69, 9.17) is 26.4 Å². The van der Waals surface area contributed by atoms with Gasteiger partial charge in [-0.05, 0) is 56.2 Å². The number of rotatable bonds is 3. The van der Waals surface area contributed by atoms with Crippen molar-refractivity contribution in [2.75, 3.05) is 25.2 Å². The Morgan fingerprint density at radius 2 is 1.83 bits per heavy atom. The lowest BCUT2D eigenvalue weighted by atomic mass is 9.91. The first kappa shape index (κ1) is 20.2. The van der Waals surface area contributed by atoms with E-state index in [-0.39, 0.29) is 0 Å². The lowest BCUT2D eigenvalue weighted by Gasteiger charge is -2.38. The van der Waals surface area contributed by atoms with E-state index < -0.39 is 12.0 Å². The maximum absolute atomic E-state index is 12.8. The standard InChI is InChI=1S/C23H24N2O4S/c1-13-5-6-14(2)17(11-13)21-20(22(26)27-4)15(3)25(23(30)24-21)16-7-8-18-19(12-16)29-10-9-28-18/h5-8,11-12,21H,9-10H2,1-4H3,(H,24,30). The molecule has 2 aliphatic rings. The number of hydrogen-bond donors (Lipinski definition) is 1. The summed E-state index contributed by atoms with van der Waals surface area (Å²) in [6.07, 6.45) is 0. The number of hydrogen-bond acceptors (Lipinski definition) is 5. The van der Waals surface area contributed by atoms with Crippen molar-refractivity contribution in [2.24, 2.45) is 0 Å². The van der Waals surface area contributed by atoms with Crippen LogP contribution in [0, 0.1) is 13.8 Å². The maximum atomic E-state index is 12.8. The molecule has 0 amide bonds. The van der Waals surface area contributed by atoms with Gasteiger partial charge in [-0.2, -0.15) is 0 Å². The number of anilines is 1. The second-order valence-corrected chi connectivity index (χ2v) is 7.78. The minimum atomic E-state index is -0.393. The Kier molecular flexibility index (Phi) is 5.39. The summed E-state index contributed by atoms with van der Waals surface area (Å²) in [4.78, 5) is 14.7. The van der Waals surface area contributed by atoms with Crippen molar-refractivity contribution >= 4 is 29.0 Å². The normalized spacial score (nSPS) is 18.2. The van der Waals surface area contributed by atoms with Gasteiger partial charge >= 0.3 is 5.97 Å². The lowest BCUT2D eigenvalue weighted by molar-refractivity contribution is -0.136. The molecule has 0 aromatic heterocycles. The molecule has 0 fully saturated rings. The van der Waals surface area contributed by atoms with Gasteiger partial charge in [0.25, 0.3) is 0 Å². The summed E-state index contributed by atoms with van der Waals surface area (Å²) in [5.41, 5.74) is 5.21. The van der Waals surface area contributed by atoms with Crippen LogP contribution in [0.4, 0.5) is 5.69 Å². The van der Waals surface area contributed by atoms with E-state index in [0.717, 1.165) is 22.4 Å². The monoisotopic (exact) mass is 424 g/mol. The highest BCUT2D eigenvalue weighted by Crippen LogP contribution is 2.39. The van der Waals surface area contributed by atoms with Crippen LogP contribution in [0.3, 0.4) is 0 Å². The van der Waals surface area contributed by atoms with Crippen LogP contribution in [0.15, 0.2) is 47.7 Å². The SMILES string of the molecule is COC(=O)C1=C(C)N(c2ccc3c(c2)OCCO3)C(=S)NC1c1cc(C)ccc1C. The van der Waals surface area contributed by atoms with Gasteiger partial charge in [-0.3, -0.25) is 4.90 Å². The van der Waals surface area contributed by atoms with Crippen LogP contribution in [0.1, 0.15) is 29.7 Å². The number of allylic oxidation sites excluding steroid dienone is 1. The molecule has 0 spiro atoms. The molecule has 7 heteroatoms. The molecule has 30 heavy (non-hydrogen) atoms. The van der Waals surface area contributed by atoms with Gasteiger partial charge in [-0.1, -0.05) is 23.8 Å². The molecule has 156 valence electrons. The van der Waals surface area contributed by atoms with Crippen LogP contribution in [-0.4, -0.2) is 31.4 Å². The van der Waals surface area contributed by atoms with E-state index in [9.17, 15) is 4.79 Å². The number of nitrogens with one attached hydrogen (secondary N) is 1. The third kappa shape index (κ3) is 3.50. The average Bonchev–Trinajstić information content (AvgIpc) is 2.74. The van der Waals surface area contributed by atoms with Gasteiger partial charge in [-0.15, -0.1) is 0 Å². The van der Waals surface area contributed by atoms with Gasteiger partial charge < -0.3 is 19.5 Å². The number of nitrogens with zero attached hydrogens (tertiary/aromatic N) is 1. The predicted octanol–water partition coefficient (Wildman–Crippen LogP) is 3.96. The summed E-state index contributed by atoms with van der Waals surface area (Å²) in [5.74, 6) is 0.963. The van der Waals surface area contributed by atoms with Crippen molar-refractivity contribution < 1.29 is 19.0 Å². The highest BCUT2D eigenvalue weighted by atomic mass is 32.1. The molecule has 0 aliphatic carbocycles. The lowest BCUT2D eigenvalue weighted by Crippen LogP contribution is -2.48. The van der Waals surface area contributed by atoms with Crippen LogP contribution in [0.2, 0.25) is 0 Å². The minimum Gasteiger partial charge on any atom is -0.486 e. The Labute approximate surface area is 181 Å². The Bertz CT molecular complexity index is 1060. The first-order valence-electron chi connectivity index (χ1n) is 9.77. The van der Waals surface area contributed by atoms with Gasteiger partial charge in [0.1, 0.15) is 13.2 Å². The van der Waals surface area contributed by atoms with Crippen LogP contribution in [0.5, 0.6) is 11.5 Å². The molecule has 2 aromatic rings. The molecule has 1 unspecified atom stereocenters.